The lowest BCUT2D eigenvalue weighted by atomic mass is 9.98. The summed E-state index contributed by atoms with van der Waals surface area (Å²) >= 11 is 5.05. The lowest BCUT2D eigenvalue weighted by Crippen LogP contribution is -2.54. The minimum Gasteiger partial charge on any atom is -0.391 e. The van der Waals surface area contributed by atoms with Gasteiger partial charge >= 0.3 is 0 Å². The van der Waals surface area contributed by atoms with Crippen LogP contribution in [-0.2, 0) is 4.79 Å². The predicted molar refractivity (Wildman–Crippen MR) is 72.6 cm³/mol. The molecule has 2 saturated carbocycles. The zero-order valence-electron chi connectivity index (χ0n) is 10.7. The van der Waals surface area contributed by atoms with Crippen LogP contribution in [0.15, 0.2) is 0 Å². The second kappa shape index (κ2) is 4.56. The number of hydrogen-bond donors (Lipinski definition) is 2. The maximum Gasteiger partial charge on any atom is 0.224 e. The van der Waals surface area contributed by atoms with E-state index in [1.165, 1.54) is 25.7 Å². The highest BCUT2D eigenvalue weighted by Crippen LogP contribution is 2.55. The van der Waals surface area contributed by atoms with Crippen LogP contribution in [0.3, 0.4) is 0 Å². The molecule has 3 N–H and O–H groups in total. The summed E-state index contributed by atoms with van der Waals surface area (Å²) < 4.78 is 0. The third-order valence-corrected chi connectivity index (χ3v) is 5.06. The number of nitrogens with one attached hydrogen (secondary N) is 1. The van der Waals surface area contributed by atoms with Gasteiger partial charge in [-0.25, -0.2) is 0 Å². The number of carbonyl (C=O) groups excluding carboxylic acids is 1. The SMILES string of the molecule is CCC(C)(NC(=O)C1C2CCCCC21)C(N)=S. The van der Waals surface area contributed by atoms with E-state index < -0.39 is 5.54 Å². The van der Waals surface area contributed by atoms with Crippen molar-refractivity contribution in [3.8, 4) is 0 Å². The molecule has 0 aromatic rings. The lowest BCUT2D eigenvalue weighted by Gasteiger charge is -2.28. The first kappa shape index (κ1) is 12.8. The van der Waals surface area contributed by atoms with Crippen LogP contribution in [0, 0.1) is 17.8 Å². The minimum absolute atomic E-state index is 0.166. The Kier molecular flexibility index (Phi) is 3.43. The molecule has 3 unspecified atom stereocenters. The second-order valence-corrected chi connectivity index (χ2v) is 6.12. The van der Waals surface area contributed by atoms with Gasteiger partial charge in [-0.3, -0.25) is 4.79 Å². The van der Waals surface area contributed by atoms with Crippen molar-refractivity contribution in [2.45, 2.75) is 51.5 Å². The van der Waals surface area contributed by atoms with Gasteiger partial charge in [0.2, 0.25) is 5.91 Å². The van der Waals surface area contributed by atoms with Gasteiger partial charge in [0, 0.05) is 5.92 Å². The van der Waals surface area contributed by atoms with Gasteiger partial charge in [-0.15, -0.1) is 0 Å². The number of thiocarbonyl (C=S) groups is 1. The van der Waals surface area contributed by atoms with Crippen LogP contribution < -0.4 is 11.1 Å². The van der Waals surface area contributed by atoms with E-state index in [-0.39, 0.29) is 11.8 Å². The molecule has 3 nitrogen and oxygen atoms in total. The normalized spacial score (nSPS) is 34.4. The predicted octanol–water partition coefficient (Wildman–Crippen LogP) is 1.99. The lowest BCUT2D eigenvalue weighted by molar-refractivity contribution is -0.124. The first-order valence-corrected chi connectivity index (χ1v) is 7.02. The number of amides is 1. The zero-order valence-corrected chi connectivity index (χ0v) is 11.5. The molecule has 0 saturated heterocycles. The quantitative estimate of drug-likeness (QED) is 0.754. The van der Waals surface area contributed by atoms with Gasteiger partial charge in [0.05, 0.1) is 10.5 Å². The molecule has 2 fully saturated rings. The minimum atomic E-state index is -0.516. The van der Waals surface area contributed by atoms with Crippen LogP contribution in [0.4, 0.5) is 0 Å². The third kappa shape index (κ3) is 2.32. The molecule has 1 amide bonds. The van der Waals surface area contributed by atoms with Crippen molar-refractivity contribution in [1.82, 2.24) is 5.32 Å². The molecule has 0 aromatic heterocycles. The first-order valence-electron chi connectivity index (χ1n) is 6.61. The van der Waals surface area contributed by atoms with E-state index in [9.17, 15) is 4.79 Å². The number of rotatable bonds is 4. The van der Waals surface area contributed by atoms with Crippen molar-refractivity contribution in [3.05, 3.63) is 0 Å². The molecule has 3 atom stereocenters. The van der Waals surface area contributed by atoms with Crippen LogP contribution in [0.5, 0.6) is 0 Å². The molecule has 2 aliphatic carbocycles. The highest BCUT2D eigenvalue weighted by Gasteiger charge is 2.55. The standard InChI is InChI=1S/C13H22N2OS/c1-3-13(2,12(14)17)15-11(16)10-8-6-4-5-7-9(8)10/h8-10H,3-7H2,1-2H3,(H2,14,17)(H,15,16). The Labute approximate surface area is 109 Å². The van der Waals surface area contributed by atoms with Crippen molar-refractivity contribution in [3.63, 3.8) is 0 Å². The highest BCUT2D eigenvalue weighted by molar-refractivity contribution is 7.80. The number of nitrogens with two attached hydrogens (primary N) is 1. The summed E-state index contributed by atoms with van der Waals surface area (Å²) in [5.74, 6) is 1.67. The molecule has 2 rings (SSSR count). The Bertz CT molecular complexity index is 332. The smallest absolute Gasteiger partial charge is 0.224 e. The molecule has 96 valence electrons. The monoisotopic (exact) mass is 254 g/mol. The summed E-state index contributed by atoms with van der Waals surface area (Å²) in [6.07, 6.45) is 5.75. The van der Waals surface area contributed by atoms with E-state index >= 15 is 0 Å². The maximum absolute atomic E-state index is 12.2. The Morgan fingerprint density at radius 2 is 1.94 bits per heavy atom. The molecule has 0 bridgehead atoms. The van der Waals surface area contributed by atoms with Gasteiger partial charge in [-0.05, 0) is 38.0 Å². The summed E-state index contributed by atoms with van der Waals surface area (Å²) in [4.78, 5) is 12.6. The van der Waals surface area contributed by atoms with Crippen molar-refractivity contribution >= 4 is 23.1 Å². The van der Waals surface area contributed by atoms with Crippen molar-refractivity contribution in [1.29, 1.82) is 0 Å². The van der Waals surface area contributed by atoms with Gasteiger partial charge in [-0.1, -0.05) is 32.0 Å². The van der Waals surface area contributed by atoms with Gasteiger partial charge in [-0.2, -0.15) is 0 Å². The molecular formula is C13H22N2OS. The highest BCUT2D eigenvalue weighted by atomic mass is 32.1. The number of hydrogen-bond acceptors (Lipinski definition) is 2. The average molecular weight is 254 g/mol. The topological polar surface area (TPSA) is 55.1 Å². The summed E-state index contributed by atoms with van der Waals surface area (Å²) in [6.45, 7) is 3.92. The summed E-state index contributed by atoms with van der Waals surface area (Å²) in [7, 11) is 0. The van der Waals surface area contributed by atoms with Crippen LogP contribution in [0.1, 0.15) is 46.0 Å². The van der Waals surface area contributed by atoms with E-state index in [1.54, 1.807) is 0 Å². The first-order chi connectivity index (χ1) is 7.99. The molecule has 0 aromatic carbocycles. The molecular weight excluding hydrogens is 232 g/mol. The van der Waals surface area contributed by atoms with E-state index in [0.29, 0.717) is 16.8 Å². The van der Waals surface area contributed by atoms with Crippen LogP contribution in [0.25, 0.3) is 0 Å². The molecule has 17 heavy (non-hydrogen) atoms. The van der Waals surface area contributed by atoms with Crippen molar-refractivity contribution in [2.24, 2.45) is 23.5 Å². The Morgan fingerprint density at radius 1 is 1.41 bits per heavy atom. The van der Waals surface area contributed by atoms with Crippen LogP contribution >= 0.6 is 12.2 Å². The maximum atomic E-state index is 12.2. The van der Waals surface area contributed by atoms with E-state index in [0.717, 1.165) is 6.42 Å². The fourth-order valence-corrected chi connectivity index (χ4v) is 3.26. The second-order valence-electron chi connectivity index (χ2n) is 5.68. The fourth-order valence-electron chi connectivity index (χ4n) is 3.06. The Morgan fingerprint density at radius 3 is 2.35 bits per heavy atom. The average Bonchev–Trinajstić information content (AvgIpc) is 3.02. The zero-order chi connectivity index (χ0) is 12.6. The molecule has 0 aliphatic heterocycles. The van der Waals surface area contributed by atoms with Gasteiger partial charge in [0.15, 0.2) is 0 Å². The van der Waals surface area contributed by atoms with Crippen molar-refractivity contribution < 1.29 is 4.79 Å². The molecule has 0 heterocycles. The van der Waals surface area contributed by atoms with Crippen LogP contribution in [0.2, 0.25) is 0 Å². The van der Waals surface area contributed by atoms with Gasteiger partial charge in [0.25, 0.3) is 0 Å². The molecule has 0 spiro atoms. The molecule has 4 heteroatoms. The summed E-state index contributed by atoms with van der Waals surface area (Å²) in [6, 6.07) is 0. The third-order valence-electron chi connectivity index (χ3n) is 4.61. The molecule has 0 radical (unpaired) electrons. The van der Waals surface area contributed by atoms with E-state index in [2.05, 4.69) is 5.32 Å². The van der Waals surface area contributed by atoms with Gasteiger partial charge in [0.1, 0.15) is 0 Å². The Hall–Kier alpha value is -0.640. The summed E-state index contributed by atoms with van der Waals surface area (Å²) in [5, 5.41) is 3.06. The Balaban J connectivity index is 1.96. The van der Waals surface area contributed by atoms with Crippen molar-refractivity contribution in [2.75, 3.05) is 0 Å². The summed E-state index contributed by atoms with van der Waals surface area (Å²) in [5.41, 5.74) is 5.20. The fraction of sp³-hybridized carbons (Fsp3) is 0.846. The van der Waals surface area contributed by atoms with E-state index in [1.807, 2.05) is 13.8 Å². The molecule has 2 aliphatic rings. The van der Waals surface area contributed by atoms with Crippen LogP contribution in [-0.4, -0.2) is 16.4 Å². The van der Waals surface area contributed by atoms with Gasteiger partial charge < -0.3 is 11.1 Å². The number of carbonyl (C=O) groups is 1. The number of fused-ring (bicyclic) bond motifs is 1. The van der Waals surface area contributed by atoms with E-state index in [4.69, 9.17) is 18.0 Å². The largest absolute Gasteiger partial charge is 0.391 e.